The number of amides is 2. The second-order valence-electron chi connectivity index (χ2n) is 5.78. The van der Waals surface area contributed by atoms with E-state index in [2.05, 4.69) is 10.6 Å². The Labute approximate surface area is 143 Å². The van der Waals surface area contributed by atoms with Crippen LogP contribution in [0.1, 0.15) is 6.42 Å². The maximum Gasteiger partial charge on any atom is 0.228 e. The standard InChI is InChI=1S/C18H16F2N2O3/c1-25-12-4-2-3-11(8-12)21-17(23)13-9-14(13)18(24)22-16-6-5-10(19)7-15(16)20/h2-8,13-14H,9H2,1H3,(H,21,23)(H,22,24). The summed E-state index contributed by atoms with van der Waals surface area (Å²) in [7, 11) is 1.52. The highest BCUT2D eigenvalue weighted by Crippen LogP contribution is 2.40. The fraction of sp³-hybridized carbons (Fsp3) is 0.222. The third-order valence-corrected chi connectivity index (χ3v) is 3.99. The Balaban J connectivity index is 1.57. The number of ether oxygens (including phenoxy) is 1. The van der Waals surface area contributed by atoms with Gasteiger partial charge in [0.2, 0.25) is 11.8 Å². The molecule has 3 rings (SSSR count). The van der Waals surface area contributed by atoms with Gasteiger partial charge >= 0.3 is 0 Å². The van der Waals surface area contributed by atoms with Crippen LogP contribution in [-0.2, 0) is 9.59 Å². The molecule has 2 amide bonds. The fourth-order valence-corrected chi connectivity index (χ4v) is 2.53. The van der Waals surface area contributed by atoms with Crippen LogP contribution in [0.25, 0.3) is 0 Å². The Kier molecular flexibility index (Phi) is 4.65. The molecule has 1 aliphatic carbocycles. The summed E-state index contributed by atoms with van der Waals surface area (Å²) in [5.41, 5.74) is 0.463. The first-order valence-electron chi connectivity index (χ1n) is 7.69. The Bertz CT molecular complexity index is 826. The van der Waals surface area contributed by atoms with Crippen molar-refractivity contribution in [2.45, 2.75) is 6.42 Å². The molecule has 0 aromatic heterocycles. The Morgan fingerprint density at radius 2 is 1.76 bits per heavy atom. The zero-order valence-corrected chi connectivity index (χ0v) is 13.4. The summed E-state index contributed by atoms with van der Waals surface area (Å²) < 4.78 is 31.5. The van der Waals surface area contributed by atoms with Crippen molar-refractivity contribution in [3.05, 3.63) is 54.1 Å². The van der Waals surface area contributed by atoms with Crippen molar-refractivity contribution in [1.82, 2.24) is 0 Å². The lowest BCUT2D eigenvalue weighted by atomic mass is 10.2. The second-order valence-corrected chi connectivity index (χ2v) is 5.78. The molecule has 2 aromatic carbocycles. The maximum absolute atomic E-state index is 13.6. The normalized spacial score (nSPS) is 18.4. The van der Waals surface area contributed by atoms with Crippen molar-refractivity contribution in [2.75, 3.05) is 17.7 Å². The molecule has 5 nitrogen and oxygen atoms in total. The van der Waals surface area contributed by atoms with E-state index in [0.29, 0.717) is 23.9 Å². The van der Waals surface area contributed by atoms with E-state index in [9.17, 15) is 18.4 Å². The van der Waals surface area contributed by atoms with Crippen molar-refractivity contribution in [3.8, 4) is 5.75 Å². The number of hydrogen-bond donors (Lipinski definition) is 2. The van der Waals surface area contributed by atoms with Gasteiger partial charge in [0.05, 0.1) is 24.6 Å². The average Bonchev–Trinajstić information content (AvgIpc) is 3.38. The number of hydrogen-bond acceptors (Lipinski definition) is 3. The largest absolute Gasteiger partial charge is 0.497 e. The summed E-state index contributed by atoms with van der Waals surface area (Å²) in [5.74, 6) is -2.73. The molecule has 0 aliphatic heterocycles. The number of halogens is 2. The number of nitrogens with one attached hydrogen (secondary N) is 2. The number of carbonyl (C=O) groups excluding carboxylic acids is 2. The Morgan fingerprint density at radius 3 is 2.44 bits per heavy atom. The quantitative estimate of drug-likeness (QED) is 0.874. The van der Waals surface area contributed by atoms with Gasteiger partial charge in [-0.2, -0.15) is 0 Å². The minimum atomic E-state index is -0.855. The van der Waals surface area contributed by atoms with Gasteiger partial charge in [-0.25, -0.2) is 8.78 Å². The van der Waals surface area contributed by atoms with E-state index in [1.807, 2.05) is 0 Å². The van der Waals surface area contributed by atoms with E-state index < -0.39 is 29.4 Å². The molecule has 1 saturated carbocycles. The van der Waals surface area contributed by atoms with E-state index in [0.717, 1.165) is 12.1 Å². The van der Waals surface area contributed by atoms with Crippen molar-refractivity contribution in [2.24, 2.45) is 11.8 Å². The van der Waals surface area contributed by atoms with Crippen LogP contribution in [0.5, 0.6) is 5.75 Å². The van der Waals surface area contributed by atoms with Gasteiger partial charge in [0.15, 0.2) is 0 Å². The molecule has 0 bridgehead atoms. The molecular weight excluding hydrogens is 330 g/mol. The summed E-state index contributed by atoms with van der Waals surface area (Å²) in [6.45, 7) is 0. The zero-order chi connectivity index (χ0) is 18.0. The predicted octanol–water partition coefficient (Wildman–Crippen LogP) is 3.19. The van der Waals surface area contributed by atoms with Crippen LogP contribution in [0.15, 0.2) is 42.5 Å². The summed E-state index contributed by atoms with van der Waals surface area (Å²) in [6, 6.07) is 9.77. The number of methoxy groups -OCH3 is 1. The smallest absolute Gasteiger partial charge is 0.228 e. The topological polar surface area (TPSA) is 67.4 Å². The Morgan fingerprint density at radius 1 is 1.04 bits per heavy atom. The van der Waals surface area contributed by atoms with Crippen LogP contribution in [0.4, 0.5) is 20.2 Å². The summed E-state index contributed by atoms with van der Waals surface area (Å²) in [5, 5.41) is 5.11. The van der Waals surface area contributed by atoms with Gasteiger partial charge in [-0.15, -0.1) is 0 Å². The monoisotopic (exact) mass is 346 g/mol. The van der Waals surface area contributed by atoms with Gasteiger partial charge in [-0.1, -0.05) is 6.07 Å². The van der Waals surface area contributed by atoms with Crippen LogP contribution in [0.3, 0.4) is 0 Å². The number of anilines is 2. The van der Waals surface area contributed by atoms with Crippen LogP contribution < -0.4 is 15.4 Å². The lowest BCUT2D eigenvalue weighted by Crippen LogP contribution is -2.21. The molecule has 2 aromatic rings. The lowest BCUT2D eigenvalue weighted by Gasteiger charge is -2.08. The van der Waals surface area contributed by atoms with E-state index in [-0.39, 0.29) is 11.6 Å². The Hall–Kier alpha value is -2.96. The molecule has 1 aliphatic rings. The van der Waals surface area contributed by atoms with Gasteiger partial charge < -0.3 is 15.4 Å². The van der Waals surface area contributed by atoms with Gasteiger partial charge in [0, 0.05) is 17.8 Å². The van der Waals surface area contributed by atoms with Crippen molar-refractivity contribution < 1.29 is 23.1 Å². The van der Waals surface area contributed by atoms with Crippen LogP contribution in [-0.4, -0.2) is 18.9 Å². The van der Waals surface area contributed by atoms with Crippen LogP contribution in [0.2, 0.25) is 0 Å². The summed E-state index contributed by atoms with van der Waals surface area (Å²) >= 11 is 0. The molecule has 0 radical (unpaired) electrons. The van der Waals surface area contributed by atoms with E-state index >= 15 is 0 Å². The highest BCUT2D eigenvalue weighted by Gasteiger charge is 2.48. The number of carbonyl (C=O) groups is 2. The maximum atomic E-state index is 13.6. The van der Waals surface area contributed by atoms with Crippen molar-refractivity contribution in [3.63, 3.8) is 0 Å². The molecule has 2 unspecified atom stereocenters. The summed E-state index contributed by atoms with van der Waals surface area (Å²) in [6.07, 6.45) is 0.379. The molecule has 0 spiro atoms. The molecule has 130 valence electrons. The highest BCUT2D eigenvalue weighted by atomic mass is 19.1. The number of benzene rings is 2. The lowest BCUT2D eigenvalue weighted by molar-refractivity contribution is -0.122. The number of rotatable bonds is 5. The van der Waals surface area contributed by atoms with E-state index in [4.69, 9.17) is 4.74 Å². The average molecular weight is 346 g/mol. The van der Waals surface area contributed by atoms with E-state index in [1.165, 1.54) is 7.11 Å². The molecule has 2 atom stereocenters. The van der Waals surface area contributed by atoms with E-state index in [1.54, 1.807) is 24.3 Å². The molecule has 1 fully saturated rings. The third kappa shape index (κ3) is 3.93. The third-order valence-electron chi connectivity index (χ3n) is 3.99. The molecular formula is C18H16F2N2O3. The minimum absolute atomic E-state index is 0.106. The minimum Gasteiger partial charge on any atom is -0.497 e. The first-order chi connectivity index (χ1) is 12.0. The first kappa shape index (κ1) is 16.9. The SMILES string of the molecule is COc1cccc(NC(=O)C2CC2C(=O)Nc2ccc(F)cc2F)c1. The highest BCUT2D eigenvalue weighted by molar-refractivity contribution is 6.03. The van der Waals surface area contributed by atoms with Crippen molar-refractivity contribution >= 4 is 23.2 Å². The zero-order valence-electron chi connectivity index (χ0n) is 13.4. The van der Waals surface area contributed by atoms with Gasteiger partial charge in [-0.3, -0.25) is 9.59 Å². The summed E-state index contributed by atoms with van der Waals surface area (Å²) in [4.78, 5) is 24.3. The van der Waals surface area contributed by atoms with Gasteiger partial charge in [0.25, 0.3) is 0 Å². The fourth-order valence-electron chi connectivity index (χ4n) is 2.53. The molecule has 2 N–H and O–H groups in total. The van der Waals surface area contributed by atoms with Crippen molar-refractivity contribution in [1.29, 1.82) is 0 Å². The molecule has 0 saturated heterocycles. The van der Waals surface area contributed by atoms with Gasteiger partial charge in [-0.05, 0) is 30.7 Å². The molecule has 0 heterocycles. The predicted molar refractivity (Wildman–Crippen MR) is 88.2 cm³/mol. The molecule has 7 heteroatoms. The van der Waals surface area contributed by atoms with Gasteiger partial charge in [0.1, 0.15) is 17.4 Å². The molecule has 25 heavy (non-hydrogen) atoms. The van der Waals surface area contributed by atoms with Crippen LogP contribution in [0, 0.1) is 23.5 Å². The van der Waals surface area contributed by atoms with Crippen LogP contribution >= 0.6 is 0 Å². The first-order valence-corrected chi connectivity index (χ1v) is 7.69. The second kappa shape index (κ2) is 6.88.